The third-order valence-electron chi connectivity index (χ3n) is 3.15. The molecule has 0 bridgehead atoms. The van der Waals surface area contributed by atoms with E-state index < -0.39 is 0 Å². The third kappa shape index (κ3) is 1.32. The van der Waals surface area contributed by atoms with Crippen molar-refractivity contribution in [3.05, 3.63) is 0 Å². The minimum Gasteiger partial charge on any atom is -0.393 e. The molecule has 0 aliphatic heterocycles. The van der Waals surface area contributed by atoms with Crippen LogP contribution < -0.4 is 0 Å². The van der Waals surface area contributed by atoms with Crippen LogP contribution in [-0.2, 0) is 4.79 Å². The lowest BCUT2D eigenvalue weighted by molar-refractivity contribution is -0.128. The van der Waals surface area contributed by atoms with E-state index in [9.17, 15) is 9.90 Å². The number of carbonyl (C=O) groups is 1. The Morgan fingerprint density at radius 2 is 2.00 bits per heavy atom. The van der Waals surface area contributed by atoms with Crippen LogP contribution >= 0.6 is 0 Å². The highest BCUT2D eigenvalue weighted by Gasteiger charge is 2.43. The van der Waals surface area contributed by atoms with E-state index in [1.165, 1.54) is 0 Å². The van der Waals surface area contributed by atoms with Crippen molar-refractivity contribution in [3.8, 4) is 0 Å². The van der Waals surface area contributed by atoms with Crippen molar-refractivity contribution in [2.24, 2.45) is 11.3 Å². The molecule has 0 saturated heterocycles. The summed E-state index contributed by atoms with van der Waals surface area (Å²) in [5, 5.41) is 9.29. The molecule has 1 aliphatic carbocycles. The van der Waals surface area contributed by atoms with Crippen LogP contribution in [-0.4, -0.2) is 17.5 Å². The van der Waals surface area contributed by atoms with Gasteiger partial charge in [-0.25, -0.2) is 0 Å². The van der Waals surface area contributed by atoms with E-state index in [2.05, 4.69) is 0 Å². The minimum absolute atomic E-state index is 0.119. The molecule has 1 aliphatic rings. The maximum atomic E-state index is 10.7. The Morgan fingerprint density at radius 3 is 2.09 bits per heavy atom. The van der Waals surface area contributed by atoms with Crippen LogP contribution in [0.1, 0.15) is 33.1 Å². The maximum absolute atomic E-state index is 10.7. The first kappa shape index (κ1) is 8.72. The van der Waals surface area contributed by atoms with Gasteiger partial charge in [-0.15, -0.1) is 0 Å². The smallest absolute Gasteiger partial charge is 0.126 e. The molecule has 11 heavy (non-hydrogen) atoms. The number of aldehydes is 1. The molecular weight excluding hydrogens is 140 g/mol. The molecule has 2 atom stereocenters. The van der Waals surface area contributed by atoms with Crippen LogP contribution in [0.25, 0.3) is 0 Å². The van der Waals surface area contributed by atoms with Crippen molar-refractivity contribution < 1.29 is 9.90 Å². The Kier molecular flexibility index (Phi) is 2.33. The minimum atomic E-state index is -0.361. The summed E-state index contributed by atoms with van der Waals surface area (Å²) in [6.07, 6.45) is 3.73. The highest BCUT2D eigenvalue weighted by Crippen LogP contribution is 2.46. The average Bonchev–Trinajstić information content (AvgIpc) is 1.86. The number of aliphatic hydroxyl groups is 1. The van der Waals surface area contributed by atoms with Gasteiger partial charge in [-0.3, -0.25) is 0 Å². The average molecular weight is 156 g/mol. The lowest BCUT2D eigenvalue weighted by atomic mass is 9.61. The summed E-state index contributed by atoms with van der Waals surface area (Å²) in [6.45, 7) is 3.71. The molecule has 0 heterocycles. The quantitative estimate of drug-likeness (QED) is 0.627. The van der Waals surface area contributed by atoms with Gasteiger partial charge in [0.2, 0.25) is 0 Å². The first-order valence-corrected chi connectivity index (χ1v) is 4.27. The molecule has 64 valence electrons. The lowest BCUT2D eigenvalue weighted by Gasteiger charge is -2.43. The number of rotatable bonds is 3. The molecule has 1 N–H and O–H groups in total. The second kappa shape index (κ2) is 2.94. The summed E-state index contributed by atoms with van der Waals surface area (Å²) in [5.41, 5.74) is -0.186. The predicted octanol–water partition coefficient (Wildman–Crippen LogP) is 1.37. The van der Waals surface area contributed by atoms with Crippen LogP contribution in [0.3, 0.4) is 0 Å². The Balaban J connectivity index is 2.61. The fourth-order valence-corrected chi connectivity index (χ4v) is 1.75. The zero-order chi connectivity index (χ0) is 8.48. The zero-order valence-electron chi connectivity index (χ0n) is 7.21. The summed E-state index contributed by atoms with van der Waals surface area (Å²) in [6, 6.07) is 0. The van der Waals surface area contributed by atoms with Crippen molar-refractivity contribution >= 4 is 6.29 Å². The molecule has 0 radical (unpaired) electrons. The van der Waals surface area contributed by atoms with Crippen LogP contribution in [0.4, 0.5) is 0 Å². The lowest BCUT2D eigenvalue weighted by Crippen LogP contribution is -2.42. The van der Waals surface area contributed by atoms with E-state index in [0.29, 0.717) is 0 Å². The molecule has 0 aromatic rings. The maximum Gasteiger partial charge on any atom is 0.126 e. The summed E-state index contributed by atoms with van der Waals surface area (Å²) in [7, 11) is 0. The van der Waals surface area contributed by atoms with Crippen LogP contribution in [0.15, 0.2) is 0 Å². The van der Waals surface area contributed by atoms with Gasteiger partial charge in [-0.1, -0.05) is 13.3 Å². The van der Waals surface area contributed by atoms with Crippen LogP contribution in [0.5, 0.6) is 0 Å². The van der Waals surface area contributed by atoms with Crippen LogP contribution in [0.2, 0.25) is 0 Å². The number of carbonyl (C=O) groups excluding carboxylic acids is 1. The molecule has 1 saturated carbocycles. The molecule has 0 spiro atoms. The zero-order valence-corrected chi connectivity index (χ0v) is 7.21. The van der Waals surface area contributed by atoms with Gasteiger partial charge in [0.1, 0.15) is 6.29 Å². The monoisotopic (exact) mass is 156 g/mol. The van der Waals surface area contributed by atoms with E-state index in [4.69, 9.17) is 0 Å². The number of aliphatic hydroxyl groups excluding tert-OH is 1. The van der Waals surface area contributed by atoms with Gasteiger partial charge in [0, 0.05) is 5.41 Å². The number of hydrogen-bond donors (Lipinski definition) is 1. The van der Waals surface area contributed by atoms with Crippen molar-refractivity contribution in [3.63, 3.8) is 0 Å². The predicted molar refractivity (Wildman–Crippen MR) is 43.2 cm³/mol. The molecular formula is C9H16O2. The summed E-state index contributed by atoms with van der Waals surface area (Å²) in [5.74, 6) is 0.119. The summed E-state index contributed by atoms with van der Waals surface area (Å²) in [4.78, 5) is 10.7. The second-order valence-corrected chi connectivity index (χ2v) is 3.73. The second-order valence-electron chi connectivity index (χ2n) is 3.73. The van der Waals surface area contributed by atoms with E-state index in [0.717, 1.165) is 25.5 Å². The summed E-state index contributed by atoms with van der Waals surface area (Å²) < 4.78 is 0. The van der Waals surface area contributed by atoms with Gasteiger partial charge >= 0.3 is 0 Å². The van der Waals surface area contributed by atoms with Gasteiger partial charge in [-0.2, -0.15) is 0 Å². The Bertz CT molecular complexity index is 148. The molecule has 1 rings (SSSR count). The summed E-state index contributed by atoms with van der Waals surface area (Å²) >= 11 is 0. The SMILES string of the molecule is CC(O)C(C)C1(C=O)CCC1. The largest absolute Gasteiger partial charge is 0.393 e. The molecule has 1 fully saturated rings. The standard InChI is InChI=1S/C9H16O2/c1-7(8(2)11)9(6-10)4-3-5-9/h6-8,11H,3-5H2,1-2H3. The highest BCUT2D eigenvalue weighted by molar-refractivity contribution is 5.61. The third-order valence-corrected chi connectivity index (χ3v) is 3.15. The van der Waals surface area contributed by atoms with E-state index >= 15 is 0 Å². The van der Waals surface area contributed by atoms with Gasteiger partial charge in [0.05, 0.1) is 6.10 Å². The van der Waals surface area contributed by atoms with Crippen molar-refractivity contribution in [2.45, 2.75) is 39.2 Å². The van der Waals surface area contributed by atoms with Gasteiger partial charge < -0.3 is 9.90 Å². The molecule has 2 heteroatoms. The first-order valence-electron chi connectivity index (χ1n) is 4.27. The van der Waals surface area contributed by atoms with Crippen molar-refractivity contribution in [2.75, 3.05) is 0 Å². The molecule has 0 aromatic carbocycles. The van der Waals surface area contributed by atoms with Crippen LogP contribution in [0, 0.1) is 11.3 Å². The van der Waals surface area contributed by atoms with Gasteiger partial charge in [-0.05, 0) is 25.7 Å². The highest BCUT2D eigenvalue weighted by atomic mass is 16.3. The van der Waals surface area contributed by atoms with E-state index in [1.807, 2.05) is 6.92 Å². The molecule has 0 aromatic heterocycles. The van der Waals surface area contributed by atoms with Gasteiger partial charge in [0.25, 0.3) is 0 Å². The topological polar surface area (TPSA) is 37.3 Å². The fourth-order valence-electron chi connectivity index (χ4n) is 1.75. The molecule has 2 nitrogen and oxygen atoms in total. The Hall–Kier alpha value is -0.370. The fraction of sp³-hybridized carbons (Fsp3) is 0.889. The molecule has 0 amide bonds. The molecule has 2 unspecified atom stereocenters. The van der Waals surface area contributed by atoms with Gasteiger partial charge in [0.15, 0.2) is 0 Å². The normalized spacial score (nSPS) is 26.8. The van der Waals surface area contributed by atoms with Crippen molar-refractivity contribution in [1.29, 1.82) is 0 Å². The Labute approximate surface area is 67.6 Å². The first-order chi connectivity index (χ1) is 5.12. The van der Waals surface area contributed by atoms with Crippen molar-refractivity contribution in [1.82, 2.24) is 0 Å². The number of hydrogen-bond acceptors (Lipinski definition) is 2. The van der Waals surface area contributed by atoms with E-state index in [-0.39, 0.29) is 17.4 Å². The Morgan fingerprint density at radius 1 is 1.45 bits per heavy atom. The van der Waals surface area contributed by atoms with E-state index in [1.54, 1.807) is 6.92 Å².